The number of benzene rings is 2. The number of carbonyl (C=O) groups excluding carboxylic acids is 1. The normalized spacial score (nSPS) is 23.5. The molecule has 2 aromatic rings. The summed E-state index contributed by atoms with van der Waals surface area (Å²) in [6.07, 6.45) is 2.75. The Bertz CT molecular complexity index is 1140. The third-order valence-electron chi connectivity index (χ3n) is 5.93. The number of nitrogens with one attached hydrogen (secondary N) is 1. The average molecular weight is 483 g/mol. The zero-order valence-corrected chi connectivity index (χ0v) is 18.6. The second kappa shape index (κ2) is 8.43. The highest BCUT2D eigenvalue weighted by molar-refractivity contribution is 7.89. The van der Waals surface area contributed by atoms with Gasteiger partial charge >= 0.3 is 5.97 Å². The van der Waals surface area contributed by atoms with Crippen LogP contribution >= 0.6 is 23.2 Å². The predicted molar refractivity (Wildman–Crippen MR) is 117 cm³/mol. The Kier molecular flexibility index (Phi) is 6.00. The van der Waals surface area contributed by atoms with Gasteiger partial charge in [-0.25, -0.2) is 8.42 Å². The lowest BCUT2D eigenvalue weighted by Gasteiger charge is -2.26. The van der Waals surface area contributed by atoms with Crippen LogP contribution in [0.4, 0.5) is 5.69 Å². The minimum absolute atomic E-state index is 0.00572. The van der Waals surface area contributed by atoms with Gasteiger partial charge in [0, 0.05) is 16.8 Å². The summed E-state index contributed by atoms with van der Waals surface area (Å²) in [4.78, 5) is 24.2. The molecule has 0 bridgehead atoms. The minimum atomic E-state index is -3.99. The molecule has 1 heterocycles. The van der Waals surface area contributed by atoms with Crippen molar-refractivity contribution in [1.82, 2.24) is 4.31 Å². The SMILES string of the molecule is O=C(Nc1ccc(S(=O)(=O)N2C(C(=O)O)C[C@H]3CCC[C@H]32)cc1)c1ccc(Cl)cc1Cl. The summed E-state index contributed by atoms with van der Waals surface area (Å²) < 4.78 is 27.7. The quantitative estimate of drug-likeness (QED) is 0.662. The van der Waals surface area contributed by atoms with Crippen LogP contribution in [0, 0.1) is 5.92 Å². The molecule has 1 unspecified atom stereocenters. The fourth-order valence-electron chi connectivity index (χ4n) is 4.51. The molecule has 0 aromatic heterocycles. The monoisotopic (exact) mass is 482 g/mol. The fourth-order valence-corrected chi connectivity index (χ4v) is 6.87. The van der Waals surface area contributed by atoms with Gasteiger partial charge in [0.1, 0.15) is 6.04 Å². The summed E-state index contributed by atoms with van der Waals surface area (Å²) >= 11 is 11.9. The number of carbonyl (C=O) groups is 2. The van der Waals surface area contributed by atoms with E-state index in [4.69, 9.17) is 23.2 Å². The molecule has 0 radical (unpaired) electrons. The fraction of sp³-hybridized carbons (Fsp3) is 0.333. The molecule has 4 rings (SSSR count). The van der Waals surface area contributed by atoms with Crippen molar-refractivity contribution in [2.75, 3.05) is 5.32 Å². The first-order valence-electron chi connectivity index (χ1n) is 9.81. The van der Waals surface area contributed by atoms with Gasteiger partial charge in [0.2, 0.25) is 10.0 Å². The number of hydrogen-bond acceptors (Lipinski definition) is 4. The van der Waals surface area contributed by atoms with Crippen LogP contribution in [0.2, 0.25) is 10.0 Å². The van der Waals surface area contributed by atoms with Crippen molar-refractivity contribution in [3.05, 3.63) is 58.1 Å². The maximum absolute atomic E-state index is 13.3. The minimum Gasteiger partial charge on any atom is -0.480 e. The molecule has 2 N–H and O–H groups in total. The Hall–Kier alpha value is -2.13. The first kappa shape index (κ1) is 22.1. The Balaban J connectivity index is 1.55. The van der Waals surface area contributed by atoms with Gasteiger partial charge in [-0.15, -0.1) is 0 Å². The number of hydrogen-bond donors (Lipinski definition) is 2. The second-order valence-corrected chi connectivity index (χ2v) is 10.5. The smallest absolute Gasteiger partial charge is 0.322 e. The molecule has 0 spiro atoms. The van der Waals surface area contributed by atoms with Gasteiger partial charge in [0.05, 0.1) is 15.5 Å². The summed E-state index contributed by atoms with van der Waals surface area (Å²) in [5.74, 6) is -1.50. The van der Waals surface area contributed by atoms with E-state index >= 15 is 0 Å². The first-order valence-corrected chi connectivity index (χ1v) is 12.0. The van der Waals surface area contributed by atoms with Gasteiger partial charge in [-0.1, -0.05) is 29.6 Å². The van der Waals surface area contributed by atoms with Crippen LogP contribution in [0.1, 0.15) is 36.0 Å². The number of sulfonamides is 1. The number of carboxylic acids is 1. The molecule has 10 heteroatoms. The van der Waals surface area contributed by atoms with E-state index in [1.54, 1.807) is 6.07 Å². The van der Waals surface area contributed by atoms with Crippen molar-refractivity contribution < 1.29 is 23.1 Å². The van der Waals surface area contributed by atoms with Crippen LogP contribution in [-0.2, 0) is 14.8 Å². The molecule has 3 atom stereocenters. The van der Waals surface area contributed by atoms with Crippen LogP contribution < -0.4 is 5.32 Å². The molecule has 164 valence electrons. The van der Waals surface area contributed by atoms with Gasteiger partial charge in [-0.05, 0) is 67.6 Å². The highest BCUT2D eigenvalue weighted by Crippen LogP contribution is 2.44. The number of fused-ring (bicyclic) bond motifs is 1. The van der Waals surface area contributed by atoms with Gasteiger partial charge in [-0.2, -0.15) is 4.31 Å². The van der Waals surface area contributed by atoms with E-state index in [0.717, 1.165) is 12.8 Å². The lowest BCUT2D eigenvalue weighted by molar-refractivity contribution is -0.141. The highest BCUT2D eigenvalue weighted by atomic mass is 35.5. The molecule has 2 fully saturated rings. The van der Waals surface area contributed by atoms with Crippen molar-refractivity contribution >= 4 is 50.8 Å². The Morgan fingerprint density at radius 1 is 1.06 bits per heavy atom. The maximum atomic E-state index is 13.3. The van der Waals surface area contributed by atoms with E-state index in [2.05, 4.69) is 5.32 Å². The highest BCUT2D eigenvalue weighted by Gasteiger charge is 2.52. The third kappa shape index (κ3) is 4.17. The van der Waals surface area contributed by atoms with Gasteiger partial charge in [0.15, 0.2) is 0 Å². The molecule has 7 nitrogen and oxygen atoms in total. The Morgan fingerprint density at radius 3 is 2.42 bits per heavy atom. The number of halogens is 2. The van der Waals surface area contributed by atoms with E-state index in [9.17, 15) is 23.1 Å². The largest absolute Gasteiger partial charge is 0.480 e. The number of anilines is 1. The van der Waals surface area contributed by atoms with E-state index in [0.29, 0.717) is 23.6 Å². The summed E-state index contributed by atoms with van der Waals surface area (Å²) in [5.41, 5.74) is 0.612. The van der Waals surface area contributed by atoms with Crippen LogP contribution in [0.25, 0.3) is 0 Å². The van der Waals surface area contributed by atoms with Gasteiger partial charge in [0.25, 0.3) is 5.91 Å². The van der Waals surface area contributed by atoms with E-state index in [1.807, 2.05) is 0 Å². The van der Waals surface area contributed by atoms with Crippen LogP contribution in [0.3, 0.4) is 0 Å². The molecular weight excluding hydrogens is 463 g/mol. The Labute approximate surface area is 190 Å². The number of rotatable bonds is 5. The van der Waals surface area contributed by atoms with Crippen LogP contribution in [0.5, 0.6) is 0 Å². The van der Waals surface area contributed by atoms with Crippen molar-refractivity contribution in [2.24, 2.45) is 5.92 Å². The molecule has 1 saturated carbocycles. The maximum Gasteiger partial charge on any atom is 0.322 e. The lowest BCUT2D eigenvalue weighted by atomic mass is 10.0. The number of amides is 1. The zero-order valence-electron chi connectivity index (χ0n) is 16.3. The average Bonchev–Trinajstić information content (AvgIpc) is 3.29. The van der Waals surface area contributed by atoms with E-state index < -0.39 is 27.9 Å². The summed E-state index contributed by atoms with van der Waals surface area (Å²) in [6.45, 7) is 0. The molecule has 31 heavy (non-hydrogen) atoms. The number of carboxylic acid groups (broad SMARTS) is 1. The Morgan fingerprint density at radius 2 is 1.77 bits per heavy atom. The summed E-state index contributed by atoms with van der Waals surface area (Å²) in [5, 5.41) is 12.8. The van der Waals surface area contributed by atoms with Gasteiger partial charge < -0.3 is 10.4 Å². The molecule has 1 amide bonds. The third-order valence-corrected chi connectivity index (χ3v) is 8.42. The number of nitrogens with zero attached hydrogens (tertiary/aromatic N) is 1. The molecular formula is C21H20Cl2N2O5S. The lowest BCUT2D eigenvalue weighted by Crippen LogP contribution is -2.44. The topological polar surface area (TPSA) is 104 Å². The van der Waals surface area contributed by atoms with E-state index in [1.165, 1.54) is 40.7 Å². The van der Waals surface area contributed by atoms with Crippen LogP contribution in [-0.4, -0.2) is 41.8 Å². The van der Waals surface area contributed by atoms with Crippen LogP contribution in [0.15, 0.2) is 47.4 Å². The van der Waals surface area contributed by atoms with Crippen molar-refractivity contribution in [3.8, 4) is 0 Å². The number of aliphatic carboxylic acids is 1. The van der Waals surface area contributed by atoms with Crippen molar-refractivity contribution in [2.45, 2.75) is 42.7 Å². The summed E-state index contributed by atoms with van der Waals surface area (Å²) in [6, 6.07) is 8.84. The summed E-state index contributed by atoms with van der Waals surface area (Å²) in [7, 11) is -3.99. The molecule has 1 saturated heterocycles. The van der Waals surface area contributed by atoms with Gasteiger partial charge in [-0.3, -0.25) is 9.59 Å². The second-order valence-electron chi connectivity index (χ2n) is 7.79. The standard InChI is InChI=1S/C21H20Cl2N2O5S/c22-13-4-9-16(17(23)11-13)20(26)24-14-5-7-15(8-6-14)31(29,30)25-18-3-1-2-12(18)10-19(25)21(27)28/h4-9,11-12,18-19H,1-3,10H2,(H,24,26)(H,27,28)/t12-,18-,19?/m1/s1. The van der Waals surface area contributed by atoms with Crippen molar-refractivity contribution in [1.29, 1.82) is 0 Å². The first-order chi connectivity index (χ1) is 14.7. The molecule has 1 aliphatic carbocycles. The molecule has 2 aliphatic rings. The van der Waals surface area contributed by atoms with Crippen molar-refractivity contribution in [3.63, 3.8) is 0 Å². The zero-order chi connectivity index (χ0) is 22.3. The molecule has 1 aliphatic heterocycles. The predicted octanol–water partition coefficient (Wildman–Crippen LogP) is 4.26. The molecule has 2 aromatic carbocycles. The van der Waals surface area contributed by atoms with E-state index in [-0.39, 0.29) is 27.4 Å².